The van der Waals surface area contributed by atoms with Crippen LogP contribution in [-0.2, 0) is 4.79 Å². The molecule has 3 N–H and O–H groups in total. The van der Waals surface area contributed by atoms with E-state index in [9.17, 15) is 4.79 Å². The summed E-state index contributed by atoms with van der Waals surface area (Å²) in [5, 5.41) is 7.55. The maximum atomic E-state index is 13.3. The molecule has 1 aliphatic heterocycles. The zero-order valence-corrected chi connectivity index (χ0v) is 18.2. The number of rotatable bonds is 3. The number of benzene rings is 1. The minimum Gasteiger partial charge on any atom is -0.342 e. The molecule has 3 fully saturated rings. The number of likely N-dealkylation sites (tertiary alicyclic amines) is 1. The Labute approximate surface area is 184 Å². The highest BCUT2D eigenvalue weighted by Crippen LogP contribution is 2.43. The SMILES string of the molecule is Cl.NC1C2CCCC1CC(C(=O)N1CCCC(c3nc(-c4ccccc4)n[nH]3)C1)C2. The minimum atomic E-state index is 0. The predicted octanol–water partition coefficient (Wildman–Crippen LogP) is 3.75. The number of carbonyl (C=O) groups is 1. The van der Waals surface area contributed by atoms with Crippen LogP contribution in [0.5, 0.6) is 0 Å². The van der Waals surface area contributed by atoms with Crippen molar-refractivity contribution in [2.24, 2.45) is 23.5 Å². The molecule has 7 heteroatoms. The fourth-order valence-corrected chi connectivity index (χ4v) is 5.82. The van der Waals surface area contributed by atoms with E-state index < -0.39 is 0 Å². The highest BCUT2D eigenvalue weighted by atomic mass is 35.5. The van der Waals surface area contributed by atoms with Crippen molar-refractivity contribution in [3.8, 4) is 11.4 Å². The second kappa shape index (κ2) is 9.06. The lowest BCUT2D eigenvalue weighted by atomic mass is 9.65. The molecule has 2 heterocycles. The first-order valence-corrected chi connectivity index (χ1v) is 11.2. The molecule has 0 spiro atoms. The predicted molar refractivity (Wildman–Crippen MR) is 119 cm³/mol. The van der Waals surface area contributed by atoms with E-state index in [1.165, 1.54) is 19.3 Å². The van der Waals surface area contributed by atoms with Crippen molar-refractivity contribution in [3.05, 3.63) is 36.2 Å². The molecule has 30 heavy (non-hydrogen) atoms. The van der Waals surface area contributed by atoms with E-state index in [4.69, 9.17) is 10.7 Å². The Bertz CT molecular complexity index is 842. The smallest absolute Gasteiger partial charge is 0.225 e. The average Bonchev–Trinajstić information content (AvgIpc) is 3.24. The molecule has 2 aromatic rings. The van der Waals surface area contributed by atoms with Gasteiger partial charge < -0.3 is 10.6 Å². The van der Waals surface area contributed by atoms with E-state index >= 15 is 0 Å². The molecule has 1 amide bonds. The molecule has 1 aromatic carbocycles. The fourth-order valence-electron chi connectivity index (χ4n) is 5.82. The zero-order chi connectivity index (χ0) is 19.8. The van der Waals surface area contributed by atoms with Crippen molar-refractivity contribution >= 4 is 18.3 Å². The van der Waals surface area contributed by atoms with E-state index in [0.717, 1.165) is 56.0 Å². The van der Waals surface area contributed by atoms with E-state index in [1.54, 1.807) is 0 Å². The quantitative estimate of drug-likeness (QED) is 0.777. The molecule has 2 saturated carbocycles. The molecule has 2 bridgehead atoms. The molecule has 1 aromatic heterocycles. The van der Waals surface area contributed by atoms with Crippen LogP contribution in [-0.4, -0.2) is 45.1 Å². The Morgan fingerprint density at radius 2 is 1.80 bits per heavy atom. The first kappa shape index (κ1) is 21.3. The zero-order valence-electron chi connectivity index (χ0n) is 17.4. The summed E-state index contributed by atoms with van der Waals surface area (Å²) in [4.78, 5) is 20.2. The monoisotopic (exact) mass is 429 g/mol. The number of nitrogens with zero attached hydrogens (tertiary/aromatic N) is 3. The van der Waals surface area contributed by atoms with Gasteiger partial charge in [0.15, 0.2) is 5.82 Å². The number of nitrogens with two attached hydrogens (primary N) is 1. The van der Waals surface area contributed by atoms with Crippen molar-refractivity contribution in [1.29, 1.82) is 0 Å². The van der Waals surface area contributed by atoms with Crippen molar-refractivity contribution in [2.75, 3.05) is 13.1 Å². The Hall–Kier alpha value is -1.92. The van der Waals surface area contributed by atoms with Crippen LogP contribution in [0.1, 0.15) is 56.7 Å². The highest BCUT2D eigenvalue weighted by Gasteiger charge is 2.42. The van der Waals surface area contributed by atoms with Gasteiger partial charge in [0.25, 0.3) is 0 Å². The summed E-state index contributed by atoms with van der Waals surface area (Å²) in [6.07, 6.45) is 7.72. The lowest BCUT2D eigenvalue weighted by Crippen LogP contribution is -2.51. The summed E-state index contributed by atoms with van der Waals surface area (Å²) in [7, 11) is 0. The summed E-state index contributed by atoms with van der Waals surface area (Å²) in [6.45, 7) is 1.62. The molecule has 6 nitrogen and oxygen atoms in total. The number of hydrogen-bond donors (Lipinski definition) is 2. The second-order valence-corrected chi connectivity index (χ2v) is 9.23. The highest BCUT2D eigenvalue weighted by molar-refractivity contribution is 5.85. The summed E-state index contributed by atoms with van der Waals surface area (Å²) >= 11 is 0. The number of fused-ring (bicyclic) bond motifs is 2. The van der Waals surface area contributed by atoms with Crippen molar-refractivity contribution in [2.45, 2.75) is 56.9 Å². The van der Waals surface area contributed by atoms with Crippen LogP contribution in [0.2, 0.25) is 0 Å². The largest absolute Gasteiger partial charge is 0.342 e. The molecular formula is C23H32ClN5O. The number of hydrogen-bond acceptors (Lipinski definition) is 4. The van der Waals surface area contributed by atoms with E-state index in [-0.39, 0.29) is 24.2 Å². The van der Waals surface area contributed by atoms with Crippen LogP contribution in [0.3, 0.4) is 0 Å². The van der Waals surface area contributed by atoms with Gasteiger partial charge in [0, 0.05) is 36.5 Å². The number of halogens is 1. The van der Waals surface area contributed by atoms with Gasteiger partial charge in [0.1, 0.15) is 5.82 Å². The topological polar surface area (TPSA) is 87.9 Å². The Morgan fingerprint density at radius 3 is 2.53 bits per heavy atom. The lowest BCUT2D eigenvalue weighted by Gasteiger charge is -2.45. The minimum absolute atomic E-state index is 0. The Kier molecular flexibility index (Phi) is 6.44. The number of carbonyl (C=O) groups excluding carboxylic acids is 1. The van der Waals surface area contributed by atoms with Gasteiger partial charge in [-0.25, -0.2) is 4.98 Å². The number of amides is 1. The first-order chi connectivity index (χ1) is 14.2. The Balaban J connectivity index is 0.00000218. The van der Waals surface area contributed by atoms with Gasteiger partial charge in [-0.05, 0) is 50.4 Å². The van der Waals surface area contributed by atoms with Gasteiger partial charge in [-0.3, -0.25) is 9.89 Å². The molecule has 3 aliphatic rings. The third kappa shape index (κ3) is 4.12. The summed E-state index contributed by atoms with van der Waals surface area (Å²) < 4.78 is 0. The molecule has 0 radical (unpaired) electrons. The third-order valence-electron chi connectivity index (χ3n) is 7.42. The Morgan fingerprint density at radius 1 is 1.07 bits per heavy atom. The fraction of sp³-hybridized carbons (Fsp3) is 0.609. The van der Waals surface area contributed by atoms with Crippen LogP contribution >= 0.6 is 12.4 Å². The summed E-state index contributed by atoms with van der Waals surface area (Å²) in [5.41, 5.74) is 7.45. The van der Waals surface area contributed by atoms with Crippen molar-refractivity contribution in [1.82, 2.24) is 20.1 Å². The van der Waals surface area contributed by atoms with Gasteiger partial charge in [-0.15, -0.1) is 12.4 Å². The maximum Gasteiger partial charge on any atom is 0.225 e. The van der Waals surface area contributed by atoms with Gasteiger partial charge >= 0.3 is 0 Å². The van der Waals surface area contributed by atoms with Gasteiger partial charge in [0.2, 0.25) is 5.91 Å². The van der Waals surface area contributed by atoms with E-state index in [0.29, 0.717) is 23.8 Å². The van der Waals surface area contributed by atoms with Crippen LogP contribution in [0, 0.1) is 17.8 Å². The second-order valence-electron chi connectivity index (χ2n) is 9.23. The molecular weight excluding hydrogens is 398 g/mol. The third-order valence-corrected chi connectivity index (χ3v) is 7.42. The number of aromatic amines is 1. The lowest BCUT2D eigenvalue weighted by molar-refractivity contribution is -0.139. The molecule has 2 aliphatic carbocycles. The van der Waals surface area contributed by atoms with Gasteiger partial charge in [-0.1, -0.05) is 36.8 Å². The standard InChI is InChI=1S/C23H31N5O.ClH/c24-20-16-8-4-9-17(20)13-19(12-16)23(29)28-11-5-10-18(14-28)22-25-21(26-27-22)15-6-2-1-3-7-15;/h1-3,6-7,16-20H,4-5,8-14,24H2,(H,25,26,27);1H. The molecule has 3 atom stereocenters. The number of aromatic nitrogens is 3. The average molecular weight is 430 g/mol. The number of piperidine rings is 1. The first-order valence-electron chi connectivity index (χ1n) is 11.2. The van der Waals surface area contributed by atoms with Crippen LogP contribution in [0.4, 0.5) is 0 Å². The van der Waals surface area contributed by atoms with Crippen molar-refractivity contribution in [3.63, 3.8) is 0 Å². The van der Waals surface area contributed by atoms with Crippen molar-refractivity contribution < 1.29 is 4.79 Å². The molecule has 5 rings (SSSR count). The maximum absolute atomic E-state index is 13.3. The van der Waals surface area contributed by atoms with E-state index in [2.05, 4.69) is 15.1 Å². The van der Waals surface area contributed by atoms with Crippen LogP contribution in [0.25, 0.3) is 11.4 Å². The molecule has 3 unspecified atom stereocenters. The van der Waals surface area contributed by atoms with Gasteiger partial charge in [-0.2, -0.15) is 5.10 Å². The molecule has 162 valence electrons. The number of nitrogens with one attached hydrogen (secondary N) is 1. The van der Waals surface area contributed by atoms with Crippen LogP contribution in [0.15, 0.2) is 30.3 Å². The normalized spacial score (nSPS) is 31.1. The van der Waals surface area contributed by atoms with Gasteiger partial charge in [0.05, 0.1) is 0 Å². The van der Waals surface area contributed by atoms with E-state index in [1.807, 2.05) is 30.3 Å². The summed E-state index contributed by atoms with van der Waals surface area (Å²) in [6, 6.07) is 10.3. The van der Waals surface area contributed by atoms with Crippen LogP contribution < -0.4 is 5.73 Å². The number of H-pyrrole nitrogens is 1. The summed E-state index contributed by atoms with van der Waals surface area (Å²) in [5.74, 6) is 3.48. The molecule has 1 saturated heterocycles.